The Labute approximate surface area is 184 Å². The van der Waals surface area contributed by atoms with Crippen molar-refractivity contribution in [2.75, 3.05) is 25.0 Å². The second kappa shape index (κ2) is 7.77. The third-order valence-corrected chi connectivity index (χ3v) is 9.48. The molecule has 1 saturated heterocycles. The molecule has 1 N–H and O–H groups in total. The van der Waals surface area contributed by atoms with Crippen LogP contribution in [-0.2, 0) is 10.0 Å². The number of rotatable bonds is 5. The first-order valence-corrected chi connectivity index (χ1v) is 12.3. The predicted octanol–water partition coefficient (Wildman–Crippen LogP) is 3.81. The molecule has 0 unspecified atom stereocenters. The minimum absolute atomic E-state index is 0.0535. The van der Waals surface area contributed by atoms with Gasteiger partial charge >= 0.3 is 0 Å². The normalized spacial score (nSPS) is 20.3. The fraction of sp³-hybridized carbons (Fsp3) is 0.333. The van der Waals surface area contributed by atoms with Crippen LogP contribution in [-0.4, -0.2) is 53.9 Å². The molecule has 5 heterocycles. The number of likely N-dealkylation sites (N-methyl/N-ethyl adjacent to an activating group) is 1. The third kappa shape index (κ3) is 3.54. The van der Waals surface area contributed by atoms with Gasteiger partial charge < -0.3 is 14.3 Å². The maximum atomic E-state index is 13.4. The summed E-state index contributed by atoms with van der Waals surface area (Å²) in [6.45, 7) is 3.14. The Balaban J connectivity index is 1.42. The maximum absolute atomic E-state index is 13.4. The summed E-state index contributed by atoms with van der Waals surface area (Å²) in [6, 6.07) is 7.47. The number of nitrogens with zero attached hydrogens (tertiary/aromatic N) is 4. The number of anilines is 1. The Morgan fingerprint density at radius 3 is 2.97 bits per heavy atom. The van der Waals surface area contributed by atoms with Crippen molar-refractivity contribution in [1.82, 2.24) is 19.3 Å². The van der Waals surface area contributed by atoms with E-state index in [2.05, 4.69) is 26.8 Å². The van der Waals surface area contributed by atoms with E-state index in [1.807, 2.05) is 25.4 Å². The number of H-pyrrole nitrogens is 1. The standard InChI is InChI=1S/C21H23N5O3S2/c1-14-7-10-26(31(27,28)20-4-3-19(30-20)18-11-22-13-29-18)12-17(14)25(2)16-6-9-24-21-15(16)5-8-23-21/h3-6,8-9,11,13-14,17H,7,10,12H2,1-2H3,(H,23,24)/t14-,17+/m1/s1. The quantitative estimate of drug-likeness (QED) is 0.490. The third-order valence-electron chi connectivity index (χ3n) is 6.05. The van der Waals surface area contributed by atoms with E-state index in [1.54, 1.807) is 28.8 Å². The topological polar surface area (TPSA) is 95.3 Å². The van der Waals surface area contributed by atoms with E-state index >= 15 is 0 Å². The lowest BCUT2D eigenvalue weighted by molar-refractivity contribution is 0.248. The van der Waals surface area contributed by atoms with Gasteiger partial charge in [0.25, 0.3) is 10.0 Å². The number of piperidine rings is 1. The first-order chi connectivity index (χ1) is 14.9. The van der Waals surface area contributed by atoms with Crippen LogP contribution in [0, 0.1) is 5.92 Å². The fourth-order valence-corrected chi connectivity index (χ4v) is 7.12. The molecule has 4 aromatic rings. The Morgan fingerprint density at radius 2 is 2.16 bits per heavy atom. The lowest BCUT2D eigenvalue weighted by atomic mass is 9.93. The highest BCUT2D eigenvalue weighted by Crippen LogP contribution is 2.35. The number of thiophene rings is 1. The van der Waals surface area contributed by atoms with Crippen LogP contribution >= 0.6 is 11.3 Å². The summed E-state index contributed by atoms with van der Waals surface area (Å²) in [4.78, 5) is 14.4. The molecule has 4 aromatic heterocycles. The molecule has 0 aromatic carbocycles. The molecule has 0 amide bonds. The molecule has 0 spiro atoms. The first-order valence-electron chi connectivity index (χ1n) is 10.1. The van der Waals surface area contributed by atoms with Gasteiger partial charge in [-0.1, -0.05) is 6.92 Å². The summed E-state index contributed by atoms with van der Waals surface area (Å²) in [5, 5.41) is 1.03. The van der Waals surface area contributed by atoms with Gasteiger partial charge in [0.15, 0.2) is 12.2 Å². The Bertz CT molecular complexity index is 1300. The Kier molecular flexibility index (Phi) is 5.07. The van der Waals surface area contributed by atoms with Gasteiger partial charge in [0.2, 0.25) is 0 Å². The average molecular weight is 458 g/mol. The average Bonchev–Trinajstić information content (AvgIpc) is 3.54. The van der Waals surface area contributed by atoms with E-state index in [9.17, 15) is 8.42 Å². The van der Waals surface area contributed by atoms with E-state index in [0.29, 0.717) is 29.0 Å². The highest BCUT2D eigenvalue weighted by Gasteiger charge is 2.37. The summed E-state index contributed by atoms with van der Waals surface area (Å²) >= 11 is 1.21. The van der Waals surface area contributed by atoms with Crippen molar-refractivity contribution in [3.8, 4) is 10.6 Å². The summed E-state index contributed by atoms with van der Waals surface area (Å²) in [7, 11) is -1.56. The molecular weight excluding hydrogens is 434 g/mol. The van der Waals surface area contributed by atoms with Crippen molar-refractivity contribution >= 4 is 38.1 Å². The van der Waals surface area contributed by atoms with Crippen LogP contribution in [0.5, 0.6) is 0 Å². The number of oxazole rings is 1. The van der Waals surface area contributed by atoms with E-state index in [1.165, 1.54) is 17.7 Å². The van der Waals surface area contributed by atoms with Crippen molar-refractivity contribution in [2.24, 2.45) is 5.92 Å². The predicted molar refractivity (Wildman–Crippen MR) is 121 cm³/mol. The van der Waals surface area contributed by atoms with Gasteiger partial charge in [-0.25, -0.2) is 18.4 Å². The van der Waals surface area contributed by atoms with Crippen molar-refractivity contribution in [3.05, 3.63) is 49.2 Å². The maximum Gasteiger partial charge on any atom is 0.252 e. The van der Waals surface area contributed by atoms with Gasteiger partial charge in [0.05, 0.1) is 11.1 Å². The fourth-order valence-electron chi connectivity index (χ4n) is 4.23. The Hall–Kier alpha value is -2.69. The van der Waals surface area contributed by atoms with Gasteiger partial charge in [0.1, 0.15) is 9.86 Å². The van der Waals surface area contributed by atoms with Crippen LogP contribution in [0.3, 0.4) is 0 Å². The van der Waals surface area contributed by atoms with Crippen LogP contribution in [0.1, 0.15) is 13.3 Å². The molecule has 1 aliphatic rings. The lowest BCUT2D eigenvalue weighted by Crippen LogP contribution is -2.52. The molecule has 5 rings (SSSR count). The molecule has 10 heteroatoms. The van der Waals surface area contributed by atoms with Crippen LogP contribution in [0.4, 0.5) is 5.69 Å². The molecule has 8 nitrogen and oxygen atoms in total. The molecule has 162 valence electrons. The van der Waals surface area contributed by atoms with Crippen molar-refractivity contribution < 1.29 is 12.8 Å². The van der Waals surface area contributed by atoms with E-state index in [4.69, 9.17) is 4.42 Å². The molecule has 0 radical (unpaired) electrons. The molecule has 0 aliphatic carbocycles. The minimum Gasteiger partial charge on any atom is -0.443 e. The number of fused-ring (bicyclic) bond motifs is 1. The minimum atomic E-state index is -3.59. The number of hydrogen-bond donors (Lipinski definition) is 1. The lowest BCUT2D eigenvalue weighted by Gasteiger charge is -2.42. The van der Waals surface area contributed by atoms with Crippen molar-refractivity contribution in [1.29, 1.82) is 0 Å². The SMILES string of the molecule is C[C@@H]1CCN(S(=O)(=O)c2ccc(-c3cnco3)s2)C[C@@H]1N(C)c1ccnc2[nH]ccc12. The number of hydrogen-bond acceptors (Lipinski definition) is 7. The number of aromatic amines is 1. The van der Waals surface area contributed by atoms with Gasteiger partial charge in [-0.15, -0.1) is 11.3 Å². The van der Waals surface area contributed by atoms with Crippen LogP contribution in [0.25, 0.3) is 21.7 Å². The summed E-state index contributed by atoms with van der Waals surface area (Å²) in [5.41, 5.74) is 1.88. The summed E-state index contributed by atoms with van der Waals surface area (Å²) in [5.74, 6) is 0.927. The molecule has 0 bridgehead atoms. The second-order valence-electron chi connectivity index (χ2n) is 7.86. The highest BCUT2D eigenvalue weighted by atomic mass is 32.2. The van der Waals surface area contributed by atoms with E-state index < -0.39 is 10.0 Å². The van der Waals surface area contributed by atoms with Gasteiger partial charge in [-0.05, 0) is 36.6 Å². The number of nitrogens with one attached hydrogen (secondary N) is 1. The zero-order chi connectivity index (χ0) is 21.6. The highest BCUT2D eigenvalue weighted by molar-refractivity contribution is 7.91. The van der Waals surface area contributed by atoms with Crippen LogP contribution < -0.4 is 4.90 Å². The summed E-state index contributed by atoms with van der Waals surface area (Å²) < 4.78 is 34.1. The molecule has 1 fully saturated rings. The van der Waals surface area contributed by atoms with Gasteiger partial charge in [0, 0.05) is 49.6 Å². The largest absolute Gasteiger partial charge is 0.443 e. The molecule has 1 aliphatic heterocycles. The van der Waals surface area contributed by atoms with Gasteiger partial charge in [-0.3, -0.25) is 0 Å². The second-order valence-corrected chi connectivity index (χ2v) is 11.1. The van der Waals surface area contributed by atoms with Crippen molar-refractivity contribution in [3.63, 3.8) is 0 Å². The molecule has 2 atom stereocenters. The number of aromatic nitrogens is 3. The molecular formula is C21H23N5O3S2. The first kappa shape index (κ1) is 20.2. The summed E-state index contributed by atoms with van der Waals surface area (Å²) in [6.07, 6.45) is 7.39. The smallest absolute Gasteiger partial charge is 0.252 e. The molecule has 31 heavy (non-hydrogen) atoms. The van der Waals surface area contributed by atoms with E-state index in [-0.39, 0.29) is 6.04 Å². The van der Waals surface area contributed by atoms with Crippen LogP contribution in [0.2, 0.25) is 0 Å². The monoisotopic (exact) mass is 457 g/mol. The van der Waals surface area contributed by atoms with Crippen molar-refractivity contribution in [2.45, 2.75) is 23.6 Å². The van der Waals surface area contributed by atoms with Crippen LogP contribution in [0.15, 0.2) is 57.9 Å². The zero-order valence-corrected chi connectivity index (χ0v) is 18.9. The Morgan fingerprint density at radius 1 is 1.29 bits per heavy atom. The van der Waals surface area contributed by atoms with Gasteiger partial charge in [-0.2, -0.15) is 4.31 Å². The number of sulfonamides is 1. The molecule has 0 saturated carbocycles. The number of pyridine rings is 1. The zero-order valence-electron chi connectivity index (χ0n) is 17.2. The van der Waals surface area contributed by atoms with E-state index in [0.717, 1.165) is 28.0 Å².